The van der Waals surface area contributed by atoms with Gasteiger partial charge >= 0.3 is 0 Å². The molecule has 1 heterocycles. The zero-order valence-electron chi connectivity index (χ0n) is 8.93. The van der Waals surface area contributed by atoms with Gasteiger partial charge in [-0.25, -0.2) is 0 Å². The zero-order chi connectivity index (χ0) is 10.8. The Morgan fingerprint density at radius 2 is 2.12 bits per heavy atom. The van der Waals surface area contributed by atoms with E-state index in [1.54, 1.807) is 0 Å². The van der Waals surface area contributed by atoms with Crippen LogP contribution in [-0.2, 0) is 6.54 Å². The molecule has 0 spiro atoms. The predicted octanol–water partition coefficient (Wildman–Crippen LogP) is 3.26. The molecule has 1 aromatic carbocycles. The molecule has 0 aliphatic heterocycles. The van der Waals surface area contributed by atoms with Crippen LogP contribution in [0.2, 0.25) is 0 Å². The van der Waals surface area contributed by atoms with Crippen molar-refractivity contribution in [1.82, 2.24) is 4.57 Å². The van der Waals surface area contributed by atoms with Crippen molar-refractivity contribution < 1.29 is 0 Å². The fourth-order valence-electron chi connectivity index (χ4n) is 1.67. The molecule has 3 nitrogen and oxygen atoms in total. The van der Waals surface area contributed by atoms with Crippen LogP contribution in [0.3, 0.4) is 0 Å². The molecule has 0 amide bonds. The van der Waals surface area contributed by atoms with E-state index in [0.29, 0.717) is 0 Å². The van der Waals surface area contributed by atoms with E-state index in [0.717, 1.165) is 11.4 Å². The third kappa shape index (κ3) is 2.52. The van der Waals surface area contributed by atoms with Gasteiger partial charge in [0, 0.05) is 28.5 Å². The van der Waals surface area contributed by atoms with Crippen LogP contribution in [-0.4, -0.2) is 9.73 Å². The van der Waals surface area contributed by atoms with Crippen molar-refractivity contribution in [2.45, 2.75) is 18.4 Å². The second-order valence-electron chi connectivity index (χ2n) is 3.26. The number of nitrogens with zero attached hydrogens (tertiary/aromatic N) is 1. The van der Waals surface area contributed by atoms with Crippen molar-refractivity contribution in [1.29, 1.82) is 5.41 Å². The van der Waals surface area contributed by atoms with Crippen molar-refractivity contribution in [3.8, 4) is 0 Å². The van der Waals surface area contributed by atoms with Crippen LogP contribution in [0.1, 0.15) is 6.92 Å². The highest BCUT2D eigenvalue weighted by atomic mass is 127. The number of para-hydroxylation sites is 1. The number of amidine groups is 1. The second kappa shape index (κ2) is 5.58. The van der Waals surface area contributed by atoms with Gasteiger partial charge in [0.25, 0.3) is 0 Å². The van der Waals surface area contributed by atoms with E-state index in [9.17, 15) is 0 Å². The third-order valence-corrected chi connectivity index (χ3v) is 3.08. The fourth-order valence-corrected chi connectivity index (χ4v) is 2.37. The molecular formula is C11H14IN3S. The number of fused-ring (bicyclic) bond motifs is 1. The maximum Gasteiger partial charge on any atom is 0.156 e. The molecule has 0 aliphatic rings. The molecule has 0 atom stereocenters. The molecule has 3 N–H and O–H groups in total. The number of nitrogens with one attached hydrogen (secondary N) is 1. The first kappa shape index (κ1) is 13.4. The first-order chi connectivity index (χ1) is 7.22. The molecule has 0 radical (unpaired) electrons. The van der Waals surface area contributed by atoms with Crippen LogP contribution in [0.25, 0.3) is 10.9 Å². The Morgan fingerprint density at radius 3 is 2.75 bits per heavy atom. The van der Waals surface area contributed by atoms with Gasteiger partial charge in [-0.3, -0.25) is 5.41 Å². The number of rotatable bonds is 2. The van der Waals surface area contributed by atoms with Crippen molar-refractivity contribution in [3.05, 3.63) is 30.5 Å². The number of benzene rings is 1. The van der Waals surface area contributed by atoms with E-state index in [-0.39, 0.29) is 29.1 Å². The van der Waals surface area contributed by atoms with Gasteiger partial charge in [-0.1, -0.05) is 30.0 Å². The summed E-state index contributed by atoms with van der Waals surface area (Å²) in [5, 5.41) is 8.60. The normalized spacial score (nSPS) is 10.1. The summed E-state index contributed by atoms with van der Waals surface area (Å²) in [5.74, 6) is 0. The summed E-state index contributed by atoms with van der Waals surface area (Å²) >= 11 is 1.30. The quantitative estimate of drug-likeness (QED) is 0.379. The monoisotopic (exact) mass is 347 g/mol. The number of thioether (sulfide) groups is 1. The predicted molar refractivity (Wildman–Crippen MR) is 80.8 cm³/mol. The molecule has 0 aliphatic carbocycles. The van der Waals surface area contributed by atoms with Crippen LogP contribution >= 0.6 is 35.7 Å². The van der Waals surface area contributed by atoms with Crippen LogP contribution in [0.5, 0.6) is 0 Å². The summed E-state index contributed by atoms with van der Waals surface area (Å²) in [7, 11) is 0. The molecule has 0 saturated heterocycles. The van der Waals surface area contributed by atoms with Gasteiger partial charge in [-0.15, -0.1) is 24.0 Å². The smallest absolute Gasteiger partial charge is 0.156 e. The zero-order valence-corrected chi connectivity index (χ0v) is 12.1. The van der Waals surface area contributed by atoms with E-state index in [2.05, 4.69) is 29.8 Å². The van der Waals surface area contributed by atoms with Crippen molar-refractivity contribution >= 4 is 51.8 Å². The molecule has 16 heavy (non-hydrogen) atoms. The van der Waals surface area contributed by atoms with Gasteiger partial charge in [0.05, 0.1) is 0 Å². The van der Waals surface area contributed by atoms with E-state index in [4.69, 9.17) is 11.1 Å². The van der Waals surface area contributed by atoms with Crippen molar-refractivity contribution in [3.63, 3.8) is 0 Å². The van der Waals surface area contributed by atoms with Gasteiger partial charge in [-0.2, -0.15) is 0 Å². The van der Waals surface area contributed by atoms with E-state index in [1.807, 2.05) is 12.1 Å². The lowest BCUT2D eigenvalue weighted by atomic mass is 10.2. The number of nitrogens with two attached hydrogens (primary N) is 1. The summed E-state index contributed by atoms with van der Waals surface area (Å²) in [6.07, 6.45) is 2.05. The standard InChI is InChI=1S/C11H13N3S.HI/c1-2-14-7-10(15-11(12)13)8-5-3-4-6-9(8)14;/h3-7H,2H2,1H3,(H3,12,13);1H. The largest absolute Gasteiger partial charge is 0.378 e. The lowest BCUT2D eigenvalue weighted by Gasteiger charge is -1.97. The number of hydrogen-bond acceptors (Lipinski definition) is 2. The Balaban J connectivity index is 0.00000128. The SMILES string of the molecule is CCn1cc(SC(=N)N)c2ccccc21.I. The van der Waals surface area contributed by atoms with E-state index in [1.165, 1.54) is 22.7 Å². The molecule has 0 fully saturated rings. The molecular weight excluding hydrogens is 333 g/mol. The molecule has 5 heteroatoms. The minimum absolute atomic E-state index is 0. The van der Waals surface area contributed by atoms with Gasteiger partial charge in [0.2, 0.25) is 0 Å². The minimum Gasteiger partial charge on any atom is -0.378 e. The molecule has 2 aromatic rings. The first-order valence-electron chi connectivity index (χ1n) is 4.82. The average Bonchev–Trinajstić information content (AvgIpc) is 2.56. The summed E-state index contributed by atoms with van der Waals surface area (Å²) in [6, 6.07) is 8.18. The Kier molecular flexibility index (Phi) is 4.67. The second-order valence-corrected chi connectivity index (χ2v) is 4.35. The molecule has 2 rings (SSSR count). The summed E-state index contributed by atoms with van der Waals surface area (Å²) < 4.78 is 2.17. The molecule has 0 unspecified atom stereocenters. The molecule has 86 valence electrons. The molecule has 0 saturated carbocycles. The Bertz CT molecular complexity index is 507. The summed E-state index contributed by atoms with van der Waals surface area (Å²) in [6.45, 7) is 3.04. The molecule has 0 bridgehead atoms. The number of hydrogen-bond donors (Lipinski definition) is 2. The van der Waals surface area contributed by atoms with Crippen LogP contribution in [0, 0.1) is 5.41 Å². The maximum atomic E-state index is 7.30. The van der Waals surface area contributed by atoms with Crippen LogP contribution < -0.4 is 5.73 Å². The average molecular weight is 347 g/mol. The number of halogens is 1. The first-order valence-corrected chi connectivity index (χ1v) is 5.63. The fraction of sp³-hybridized carbons (Fsp3) is 0.182. The van der Waals surface area contributed by atoms with E-state index >= 15 is 0 Å². The highest BCUT2D eigenvalue weighted by Gasteiger charge is 2.08. The summed E-state index contributed by atoms with van der Waals surface area (Å²) in [4.78, 5) is 1.06. The third-order valence-electron chi connectivity index (χ3n) is 2.31. The van der Waals surface area contributed by atoms with Crippen LogP contribution in [0.4, 0.5) is 0 Å². The highest BCUT2D eigenvalue weighted by molar-refractivity contribution is 14.0. The Labute approximate surface area is 116 Å². The van der Waals surface area contributed by atoms with Gasteiger partial charge in [-0.05, 0) is 13.0 Å². The van der Waals surface area contributed by atoms with Crippen molar-refractivity contribution in [2.24, 2.45) is 5.73 Å². The van der Waals surface area contributed by atoms with Gasteiger partial charge in [0.1, 0.15) is 0 Å². The lowest BCUT2D eigenvalue weighted by Crippen LogP contribution is -2.02. The maximum absolute atomic E-state index is 7.30. The topological polar surface area (TPSA) is 54.8 Å². The van der Waals surface area contributed by atoms with Crippen LogP contribution in [0.15, 0.2) is 35.4 Å². The highest BCUT2D eigenvalue weighted by Crippen LogP contribution is 2.29. The molecule has 1 aromatic heterocycles. The van der Waals surface area contributed by atoms with Gasteiger partial charge in [0.15, 0.2) is 5.17 Å². The Hall–Kier alpha value is -0.690. The van der Waals surface area contributed by atoms with E-state index < -0.39 is 0 Å². The number of aryl methyl sites for hydroxylation is 1. The summed E-state index contributed by atoms with van der Waals surface area (Å²) in [5.41, 5.74) is 6.60. The lowest BCUT2D eigenvalue weighted by molar-refractivity contribution is 0.792. The Morgan fingerprint density at radius 1 is 1.44 bits per heavy atom. The van der Waals surface area contributed by atoms with Gasteiger partial charge < -0.3 is 10.3 Å². The number of aromatic nitrogens is 1. The minimum atomic E-state index is 0. The van der Waals surface area contributed by atoms with Crippen molar-refractivity contribution in [2.75, 3.05) is 0 Å².